The van der Waals surface area contributed by atoms with Crippen LogP contribution >= 0.6 is 0 Å². The number of aromatic amines is 1. The predicted octanol–water partition coefficient (Wildman–Crippen LogP) is 3.64. The lowest BCUT2D eigenvalue weighted by molar-refractivity contribution is 0.355. The Balaban J connectivity index is 1.47. The fourth-order valence-corrected chi connectivity index (χ4v) is 4.09. The monoisotopic (exact) mass is 429 g/mol. The van der Waals surface area contributed by atoms with Gasteiger partial charge in [0.05, 0.1) is 25.1 Å². The van der Waals surface area contributed by atoms with Crippen LogP contribution in [0.1, 0.15) is 11.1 Å². The van der Waals surface area contributed by atoms with Gasteiger partial charge in [-0.1, -0.05) is 18.2 Å². The molecule has 2 N–H and O–H groups in total. The first-order chi connectivity index (χ1) is 15.7. The summed E-state index contributed by atoms with van der Waals surface area (Å²) in [4.78, 5) is 26.9. The Kier molecular flexibility index (Phi) is 5.10. The molecule has 4 aromatic rings. The van der Waals surface area contributed by atoms with Gasteiger partial charge in [0.1, 0.15) is 5.82 Å². The molecule has 162 valence electrons. The number of ether oxygens (including phenoxy) is 2. The number of H-pyrrole nitrogens is 1. The van der Waals surface area contributed by atoms with Crippen LogP contribution in [-0.2, 0) is 13.0 Å². The van der Waals surface area contributed by atoms with Crippen LogP contribution < -0.4 is 25.2 Å². The second kappa shape index (κ2) is 8.22. The smallest absolute Gasteiger partial charge is 0.260 e. The lowest BCUT2D eigenvalue weighted by Gasteiger charge is -2.30. The van der Waals surface area contributed by atoms with E-state index < -0.39 is 0 Å². The molecular formula is C24H23N5O3. The number of fused-ring (bicyclic) bond motifs is 2. The summed E-state index contributed by atoms with van der Waals surface area (Å²) in [5.41, 5.74) is 3.86. The summed E-state index contributed by atoms with van der Waals surface area (Å²) in [6.45, 7) is 1.38. The van der Waals surface area contributed by atoms with Crippen LogP contribution in [0.2, 0.25) is 0 Å². The van der Waals surface area contributed by atoms with Crippen molar-refractivity contribution in [1.29, 1.82) is 0 Å². The Hall–Kier alpha value is -4.07. The topological polar surface area (TPSA) is 92.4 Å². The van der Waals surface area contributed by atoms with E-state index in [1.54, 1.807) is 32.5 Å². The van der Waals surface area contributed by atoms with E-state index in [-0.39, 0.29) is 5.56 Å². The summed E-state index contributed by atoms with van der Waals surface area (Å²) in [6.07, 6.45) is 2.59. The van der Waals surface area contributed by atoms with Crippen LogP contribution in [0.4, 0.5) is 17.5 Å². The van der Waals surface area contributed by atoms with Gasteiger partial charge < -0.3 is 19.7 Å². The van der Waals surface area contributed by atoms with Gasteiger partial charge in [-0.2, -0.15) is 0 Å². The summed E-state index contributed by atoms with van der Waals surface area (Å²) in [7, 11) is 3.11. The van der Waals surface area contributed by atoms with Crippen molar-refractivity contribution in [2.24, 2.45) is 0 Å². The molecule has 0 amide bonds. The highest BCUT2D eigenvalue weighted by Gasteiger charge is 2.22. The Labute approximate surface area is 184 Å². The van der Waals surface area contributed by atoms with E-state index in [1.807, 2.05) is 24.3 Å². The number of nitrogens with one attached hydrogen (secondary N) is 2. The first-order valence-electron chi connectivity index (χ1n) is 10.4. The van der Waals surface area contributed by atoms with Gasteiger partial charge in [-0.15, -0.1) is 0 Å². The largest absolute Gasteiger partial charge is 0.493 e. The maximum atomic E-state index is 12.8. The van der Waals surface area contributed by atoms with Gasteiger partial charge >= 0.3 is 0 Å². The summed E-state index contributed by atoms with van der Waals surface area (Å²) in [6, 6.07) is 15.4. The van der Waals surface area contributed by atoms with Crippen molar-refractivity contribution in [1.82, 2.24) is 15.0 Å². The molecule has 1 aliphatic rings. The van der Waals surface area contributed by atoms with Gasteiger partial charge in [-0.05, 0) is 41.8 Å². The van der Waals surface area contributed by atoms with Crippen LogP contribution in [0.15, 0.2) is 59.5 Å². The molecule has 5 rings (SSSR count). The number of methoxy groups -OCH3 is 2. The van der Waals surface area contributed by atoms with Gasteiger partial charge in [0.25, 0.3) is 5.56 Å². The first kappa shape index (κ1) is 19.9. The lowest BCUT2D eigenvalue weighted by Crippen LogP contribution is -2.33. The molecular weight excluding hydrogens is 406 g/mol. The second-order valence-electron chi connectivity index (χ2n) is 7.57. The number of aromatic nitrogens is 3. The maximum Gasteiger partial charge on any atom is 0.260 e. The molecule has 0 unspecified atom stereocenters. The van der Waals surface area contributed by atoms with Crippen LogP contribution in [0, 0.1) is 0 Å². The number of pyridine rings is 1. The van der Waals surface area contributed by atoms with Gasteiger partial charge in [-0.3, -0.25) is 9.78 Å². The van der Waals surface area contributed by atoms with Crippen molar-refractivity contribution >= 4 is 28.4 Å². The summed E-state index contributed by atoms with van der Waals surface area (Å²) < 4.78 is 10.7. The number of nitrogens with zero attached hydrogens (tertiary/aromatic N) is 3. The molecule has 0 radical (unpaired) electrons. The average molecular weight is 429 g/mol. The fraction of sp³-hybridized carbons (Fsp3) is 0.208. The zero-order valence-corrected chi connectivity index (χ0v) is 17.9. The molecule has 1 aliphatic heterocycles. The molecule has 32 heavy (non-hydrogen) atoms. The van der Waals surface area contributed by atoms with Crippen molar-refractivity contribution in [3.8, 4) is 11.5 Å². The van der Waals surface area contributed by atoms with E-state index in [2.05, 4.69) is 32.3 Å². The highest BCUT2D eigenvalue weighted by atomic mass is 16.5. The molecule has 0 aliphatic carbocycles. The molecule has 2 aromatic heterocycles. The van der Waals surface area contributed by atoms with Gasteiger partial charge in [-0.25, -0.2) is 9.97 Å². The number of anilines is 3. The summed E-state index contributed by atoms with van der Waals surface area (Å²) in [5, 5.41) is 3.88. The maximum absolute atomic E-state index is 12.8. The van der Waals surface area contributed by atoms with Crippen molar-refractivity contribution in [3.63, 3.8) is 0 Å². The Morgan fingerprint density at radius 2 is 1.91 bits per heavy atom. The van der Waals surface area contributed by atoms with Gasteiger partial charge in [0.15, 0.2) is 11.5 Å². The Bertz CT molecular complexity index is 1340. The number of benzene rings is 2. The molecule has 0 saturated heterocycles. The van der Waals surface area contributed by atoms with Crippen LogP contribution in [-0.4, -0.2) is 35.7 Å². The van der Waals surface area contributed by atoms with E-state index in [4.69, 9.17) is 14.5 Å². The van der Waals surface area contributed by atoms with Crippen molar-refractivity contribution in [2.45, 2.75) is 13.0 Å². The summed E-state index contributed by atoms with van der Waals surface area (Å²) >= 11 is 0. The first-order valence-corrected chi connectivity index (χ1v) is 10.4. The number of hydrogen-bond donors (Lipinski definition) is 2. The SMILES string of the molecule is COc1cc2nc(N3CCc4c(cccc4Nc4ccccn4)C3)[nH]c(=O)c2cc1OC. The van der Waals surface area contributed by atoms with Gasteiger partial charge in [0, 0.05) is 31.0 Å². The minimum Gasteiger partial charge on any atom is -0.493 e. The second-order valence-corrected chi connectivity index (χ2v) is 7.57. The zero-order valence-electron chi connectivity index (χ0n) is 17.9. The number of rotatable bonds is 5. The standard InChI is InChI=1S/C24H23N5O3/c1-31-20-12-17-19(13-21(20)32-2)27-24(28-23(17)30)29-11-9-16-15(14-29)6-5-7-18(16)26-22-8-3-4-10-25-22/h3-8,10,12-13H,9,11,14H2,1-2H3,(H,25,26)(H,27,28,30). The normalized spacial score (nSPS) is 13.0. The molecule has 0 spiro atoms. The van der Waals surface area contributed by atoms with E-state index in [1.165, 1.54) is 11.1 Å². The Morgan fingerprint density at radius 3 is 2.69 bits per heavy atom. The zero-order chi connectivity index (χ0) is 22.1. The van der Waals surface area contributed by atoms with E-state index in [0.717, 1.165) is 24.5 Å². The minimum absolute atomic E-state index is 0.206. The Morgan fingerprint density at radius 1 is 1.06 bits per heavy atom. The summed E-state index contributed by atoms with van der Waals surface area (Å²) in [5.74, 6) is 2.40. The highest BCUT2D eigenvalue weighted by molar-refractivity contribution is 5.82. The van der Waals surface area contributed by atoms with Crippen LogP contribution in [0.25, 0.3) is 10.9 Å². The molecule has 0 fully saturated rings. The molecule has 0 atom stereocenters. The average Bonchev–Trinajstić information content (AvgIpc) is 2.83. The third kappa shape index (κ3) is 3.60. The van der Waals surface area contributed by atoms with E-state index >= 15 is 0 Å². The fourth-order valence-electron chi connectivity index (χ4n) is 4.09. The molecule has 3 heterocycles. The van der Waals surface area contributed by atoms with E-state index in [0.29, 0.717) is 34.9 Å². The third-order valence-electron chi connectivity index (χ3n) is 5.69. The quantitative estimate of drug-likeness (QED) is 0.500. The third-order valence-corrected chi connectivity index (χ3v) is 5.69. The highest BCUT2D eigenvalue weighted by Crippen LogP contribution is 2.32. The number of hydrogen-bond acceptors (Lipinski definition) is 7. The van der Waals surface area contributed by atoms with Crippen molar-refractivity contribution in [2.75, 3.05) is 31.0 Å². The molecule has 0 bridgehead atoms. The molecule has 0 saturated carbocycles. The van der Waals surface area contributed by atoms with Crippen LogP contribution in [0.5, 0.6) is 11.5 Å². The van der Waals surface area contributed by atoms with Crippen molar-refractivity contribution in [3.05, 3.63) is 76.2 Å². The minimum atomic E-state index is -0.206. The van der Waals surface area contributed by atoms with Crippen molar-refractivity contribution < 1.29 is 9.47 Å². The lowest BCUT2D eigenvalue weighted by atomic mass is 9.98. The molecule has 2 aromatic carbocycles. The molecule has 8 heteroatoms. The van der Waals surface area contributed by atoms with Crippen LogP contribution in [0.3, 0.4) is 0 Å². The van der Waals surface area contributed by atoms with Gasteiger partial charge in [0.2, 0.25) is 5.95 Å². The molecule has 8 nitrogen and oxygen atoms in total. The predicted molar refractivity (Wildman–Crippen MR) is 124 cm³/mol. The van der Waals surface area contributed by atoms with E-state index in [9.17, 15) is 4.79 Å².